The minimum absolute atomic E-state index is 0.0966. The predicted molar refractivity (Wildman–Crippen MR) is 142 cm³/mol. The topological polar surface area (TPSA) is 87.4 Å². The van der Waals surface area contributed by atoms with E-state index in [-0.39, 0.29) is 11.7 Å². The monoisotopic (exact) mass is 490 g/mol. The molecule has 4 aromatic rings. The first-order valence-electron chi connectivity index (χ1n) is 11.2. The predicted octanol–water partition coefficient (Wildman–Crippen LogP) is 4.33. The molecule has 0 bridgehead atoms. The number of benzene rings is 2. The third kappa shape index (κ3) is 5.49. The number of nitrogens with two attached hydrogens (primary N) is 1. The largest absolute Gasteiger partial charge is 0.383 e. The molecule has 1 fully saturated rings. The summed E-state index contributed by atoms with van der Waals surface area (Å²) in [7, 11) is 0. The van der Waals surface area contributed by atoms with Crippen molar-refractivity contribution in [2.24, 2.45) is 0 Å². The fourth-order valence-corrected chi connectivity index (χ4v) is 5.49. The van der Waals surface area contributed by atoms with E-state index in [1.807, 2.05) is 23.6 Å². The van der Waals surface area contributed by atoms with Crippen LogP contribution in [0.5, 0.6) is 0 Å². The van der Waals surface area contributed by atoms with Crippen LogP contribution in [0.25, 0.3) is 10.2 Å². The number of carbonyl (C=O) groups excluding carboxylic acids is 1. The lowest BCUT2D eigenvalue weighted by Gasteiger charge is -2.36. The zero-order valence-electron chi connectivity index (χ0n) is 18.7. The minimum atomic E-state index is -0.0966. The van der Waals surface area contributed by atoms with E-state index in [1.165, 1.54) is 34.3 Å². The van der Waals surface area contributed by atoms with E-state index in [0.717, 1.165) is 48.6 Å². The summed E-state index contributed by atoms with van der Waals surface area (Å²) in [5.41, 5.74) is 9.31. The number of hydrogen-bond acceptors (Lipinski definition) is 8. The molecule has 7 nitrogen and oxygen atoms in total. The molecule has 3 N–H and O–H groups in total. The lowest BCUT2D eigenvalue weighted by atomic mass is 10.2. The van der Waals surface area contributed by atoms with Gasteiger partial charge in [0.25, 0.3) is 0 Å². The van der Waals surface area contributed by atoms with Crippen LogP contribution in [0, 0.1) is 0 Å². The summed E-state index contributed by atoms with van der Waals surface area (Å²) >= 11 is 2.80. The fourth-order valence-electron chi connectivity index (χ4n) is 4.01. The lowest BCUT2D eigenvalue weighted by Crippen LogP contribution is -2.45. The highest BCUT2D eigenvalue weighted by atomic mass is 32.2. The zero-order chi connectivity index (χ0) is 23.3. The molecule has 174 valence electrons. The van der Waals surface area contributed by atoms with Gasteiger partial charge in [0.05, 0.1) is 11.1 Å². The Morgan fingerprint density at radius 2 is 1.76 bits per heavy atom. The summed E-state index contributed by atoms with van der Waals surface area (Å²) in [6, 6.07) is 20.6. The molecule has 2 aromatic carbocycles. The van der Waals surface area contributed by atoms with Gasteiger partial charge in [-0.05, 0) is 41.3 Å². The third-order valence-corrected chi connectivity index (χ3v) is 7.46. The second-order valence-corrected chi connectivity index (χ2v) is 10.0. The van der Waals surface area contributed by atoms with Crippen molar-refractivity contribution in [1.82, 2.24) is 14.9 Å². The van der Waals surface area contributed by atoms with Gasteiger partial charge in [0.1, 0.15) is 10.6 Å². The maximum atomic E-state index is 12.4. The summed E-state index contributed by atoms with van der Waals surface area (Å²) in [6.45, 7) is 5.05. The number of amides is 1. The molecule has 9 heteroatoms. The second kappa shape index (κ2) is 10.4. The molecule has 1 aliphatic heterocycles. The first-order chi connectivity index (χ1) is 16.6. The van der Waals surface area contributed by atoms with Crippen molar-refractivity contribution in [1.29, 1.82) is 0 Å². The van der Waals surface area contributed by atoms with Gasteiger partial charge in [0.2, 0.25) is 5.91 Å². The van der Waals surface area contributed by atoms with Gasteiger partial charge in [0.15, 0.2) is 5.16 Å². The Bertz CT molecular complexity index is 1250. The van der Waals surface area contributed by atoms with Crippen molar-refractivity contribution in [3.8, 4) is 0 Å². The van der Waals surface area contributed by atoms with Crippen LogP contribution in [0.15, 0.2) is 71.2 Å². The number of nitrogen functional groups attached to an aromatic ring is 1. The van der Waals surface area contributed by atoms with Crippen LogP contribution < -0.4 is 16.0 Å². The highest BCUT2D eigenvalue weighted by Gasteiger charge is 2.17. The molecule has 0 atom stereocenters. The van der Waals surface area contributed by atoms with Gasteiger partial charge >= 0.3 is 0 Å². The smallest absolute Gasteiger partial charge is 0.234 e. The van der Waals surface area contributed by atoms with Crippen molar-refractivity contribution < 1.29 is 4.79 Å². The average Bonchev–Trinajstić information content (AvgIpc) is 3.34. The Morgan fingerprint density at radius 1 is 1.00 bits per heavy atom. The standard InChI is InChI=1S/C25H26N6OS2/c26-23-21-10-15-33-24(21)29-25(28-23)34-17-22(32)27-19-6-8-20(9-7-19)31-13-11-30(12-14-31)16-18-4-2-1-3-5-18/h1-10,15H,11-14,16-17H2,(H,27,32)(H2,26,28,29). The Morgan fingerprint density at radius 3 is 2.53 bits per heavy atom. The van der Waals surface area contributed by atoms with Crippen LogP contribution in [0.2, 0.25) is 0 Å². The second-order valence-electron chi connectivity index (χ2n) is 8.16. The Kier molecular flexibility index (Phi) is 6.94. The molecule has 2 aromatic heterocycles. The normalized spacial score (nSPS) is 14.4. The number of thioether (sulfide) groups is 1. The van der Waals surface area contributed by atoms with Crippen LogP contribution in [0.4, 0.5) is 17.2 Å². The molecule has 0 unspecified atom stereocenters. The Labute approximate surface area is 207 Å². The highest BCUT2D eigenvalue weighted by Crippen LogP contribution is 2.26. The van der Waals surface area contributed by atoms with Crippen molar-refractivity contribution in [3.63, 3.8) is 0 Å². The lowest BCUT2D eigenvalue weighted by molar-refractivity contribution is -0.113. The summed E-state index contributed by atoms with van der Waals surface area (Å²) < 4.78 is 0. The number of carbonyl (C=O) groups is 1. The van der Waals surface area contributed by atoms with Gasteiger partial charge in [-0.2, -0.15) is 0 Å². The molecule has 5 rings (SSSR count). The maximum absolute atomic E-state index is 12.4. The first kappa shape index (κ1) is 22.6. The highest BCUT2D eigenvalue weighted by molar-refractivity contribution is 7.99. The summed E-state index contributed by atoms with van der Waals surface area (Å²) in [4.78, 5) is 26.9. The van der Waals surface area contributed by atoms with Crippen LogP contribution >= 0.6 is 23.1 Å². The van der Waals surface area contributed by atoms with E-state index in [4.69, 9.17) is 5.73 Å². The van der Waals surface area contributed by atoms with Crippen molar-refractivity contribution >= 4 is 56.4 Å². The summed E-state index contributed by atoms with van der Waals surface area (Å²) in [5, 5.41) is 6.26. The molecule has 0 spiro atoms. The molecule has 3 heterocycles. The van der Waals surface area contributed by atoms with E-state index in [2.05, 4.69) is 67.5 Å². The van der Waals surface area contributed by atoms with Crippen molar-refractivity contribution in [2.45, 2.75) is 11.7 Å². The van der Waals surface area contributed by atoms with Gasteiger partial charge in [-0.15, -0.1) is 11.3 Å². The molecule has 1 saturated heterocycles. The SMILES string of the molecule is Nc1nc(SCC(=O)Nc2ccc(N3CCN(Cc4ccccc4)CC3)cc2)nc2sccc12. The maximum Gasteiger partial charge on any atom is 0.234 e. The van der Waals surface area contributed by atoms with Crippen LogP contribution in [-0.2, 0) is 11.3 Å². The molecule has 0 aliphatic carbocycles. The number of rotatable bonds is 7. The number of piperazine rings is 1. The van der Waals surface area contributed by atoms with E-state index in [0.29, 0.717) is 11.0 Å². The van der Waals surface area contributed by atoms with E-state index in [9.17, 15) is 4.79 Å². The number of aromatic nitrogens is 2. The van der Waals surface area contributed by atoms with Crippen molar-refractivity contribution in [2.75, 3.05) is 47.9 Å². The van der Waals surface area contributed by atoms with Gasteiger partial charge < -0.3 is 16.0 Å². The summed E-state index contributed by atoms with van der Waals surface area (Å²) in [6.07, 6.45) is 0. The van der Waals surface area contributed by atoms with Gasteiger partial charge in [-0.25, -0.2) is 9.97 Å². The molecular weight excluding hydrogens is 464 g/mol. The molecule has 0 saturated carbocycles. The van der Waals surface area contributed by atoms with Gasteiger partial charge in [0, 0.05) is 44.1 Å². The number of nitrogens with zero attached hydrogens (tertiary/aromatic N) is 4. The minimum Gasteiger partial charge on any atom is -0.383 e. The van der Waals surface area contributed by atoms with Crippen LogP contribution in [-0.4, -0.2) is 52.7 Å². The first-order valence-corrected chi connectivity index (χ1v) is 13.1. The van der Waals surface area contributed by atoms with E-state index < -0.39 is 0 Å². The average molecular weight is 491 g/mol. The van der Waals surface area contributed by atoms with E-state index >= 15 is 0 Å². The molecule has 1 aliphatic rings. The quantitative estimate of drug-likeness (QED) is 0.295. The fraction of sp³-hybridized carbons (Fsp3) is 0.240. The van der Waals surface area contributed by atoms with Gasteiger partial charge in [-0.1, -0.05) is 42.1 Å². The van der Waals surface area contributed by atoms with Gasteiger partial charge in [-0.3, -0.25) is 9.69 Å². The van der Waals surface area contributed by atoms with E-state index in [1.54, 1.807) is 0 Å². The third-order valence-electron chi connectivity index (χ3n) is 5.80. The molecule has 34 heavy (non-hydrogen) atoms. The zero-order valence-corrected chi connectivity index (χ0v) is 20.3. The number of hydrogen-bond donors (Lipinski definition) is 2. The van der Waals surface area contributed by atoms with Crippen molar-refractivity contribution in [3.05, 3.63) is 71.6 Å². The van der Waals surface area contributed by atoms with Crippen LogP contribution in [0.3, 0.4) is 0 Å². The molecule has 1 amide bonds. The Hall–Kier alpha value is -3.14. The number of fused-ring (bicyclic) bond motifs is 1. The summed E-state index contributed by atoms with van der Waals surface area (Å²) in [5.74, 6) is 0.577. The Balaban J connectivity index is 1.10. The molecular formula is C25H26N6OS2. The number of nitrogens with one attached hydrogen (secondary N) is 1. The number of anilines is 3. The number of thiophene rings is 1. The molecule has 0 radical (unpaired) electrons. The van der Waals surface area contributed by atoms with Crippen LogP contribution in [0.1, 0.15) is 5.56 Å².